The van der Waals surface area contributed by atoms with Gasteiger partial charge in [-0.2, -0.15) is 0 Å². The standard InChI is InChI=1S/C18H26ClNO/c1-15-7-5-6-8-16(15)11-12-18(21)20(14-13-19)17-9-3-2-4-10-17/h5-8,17H,2-4,9-14H2,1H3. The molecule has 0 radical (unpaired) electrons. The third-order valence-electron chi connectivity index (χ3n) is 4.53. The molecule has 1 aliphatic carbocycles. The minimum absolute atomic E-state index is 0.269. The zero-order valence-corrected chi connectivity index (χ0v) is 13.7. The van der Waals surface area contributed by atoms with Gasteiger partial charge in [-0.15, -0.1) is 11.6 Å². The highest BCUT2D eigenvalue weighted by Gasteiger charge is 2.24. The average molecular weight is 308 g/mol. The van der Waals surface area contributed by atoms with Gasteiger partial charge in [0.25, 0.3) is 0 Å². The molecule has 116 valence electrons. The van der Waals surface area contributed by atoms with Gasteiger partial charge in [0.2, 0.25) is 5.91 Å². The molecule has 0 spiro atoms. The molecule has 21 heavy (non-hydrogen) atoms. The number of carbonyl (C=O) groups is 1. The van der Waals surface area contributed by atoms with Gasteiger partial charge in [0.1, 0.15) is 0 Å². The van der Waals surface area contributed by atoms with Crippen molar-refractivity contribution in [2.24, 2.45) is 0 Å². The molecule has 0 bridgehead atoms. The quantitative estimate of drug-likeness (QED) is 0.716. The van der Waals surface area contributed by atoms with Crippen LogP contribution in [0.2, 0.25) is 0 Å². The summed E-state index contributed by atoms with van der Waals surface area (Å²) in [6, 6.07) is 8.74. The van der Waals surface area contributed by atoms with Crippen LogP contribution in [0.4, 0.5) is 0 Å². The van der Waals surface area contributed by atoms with Gasteiger partial charge < -0.3 is 4.90 Å². The van der Waals surface area contributed by atoms with E-state index in [0.717, 1.165) is 19.3 Å². The number of carbonyl (C=O) groups excluding carboxylic acids is 1. The van der Waals surface area contributed by atoms with Crippen LogP contribution in [-0.2, 0) is 11.2 Å². The Morgan fingerprint density at radius 2 is 1.95 bits per heavy atom. The highest BCUT2D eigenvalue weighted by molar-refractivity contribution is 6.18. The Kier molecular flexibility index (Phi) is 6.56. The van der Waals surface area contributed by atoms with Crippen molar-refractivity contribution >= 4 is 17.5 Å². The van der Waals surface area contributed by atoms with Gasteiger partial charge in [0.15, 0.2) is 0 Å². The van der Waals surface area contributed by atoms with E-state index in [2.05, 4.69) is 19.1 Å². The Balaban J connectivity index is 1.93. The third kappa shape index (κ3) is 4.74. The summed E-state index contributed by atoms with van der Waals surface area (Å²) < 4.78 is 0. The summed E-state index contributed by atoms with van der Waals surface area (Å²) >= 11 is 5.91. The number of hydrogen-bond donors (Lipinski definition) is 0. The van der Waals surface area contributed by atoms with Crippen molar-refractivity contribution < 1.29 is 4.79 Å². The molecule has 0 aliphatic heterocycles. The topological polar surface area (TPSA) is 20.3 Å². The molecule has 0 aromatic heterocycles. The molecule has 1 fully saturated rings. The molecule has 1 aromatic carbocycles. The van der Waals surface area contributed by atoms with Gasteiger partial charge in [-0.05, 0) is 37.3 Å². The van der Waals surface area contributed by atoms with Crippen LogP contribution in [0.1, 0.15) is 49.7 Å². The van der Waals surface area contributed by atoms with Crippen molar-refractivity contribution in [1.29, 1.82) is 0 Å². The second-order valence-electron chi connectivity index (χ2n) is 5.99. The van der Waals surface area contributed by atoms with Crippen molar-refractivity contribution in [3.8, 4) is 0 Å². The van der Waals surface area contributed by atoms with Crippen LogP contribution in [0.15, 0.2) is 24.3 Å². The first kappa shape index (κ1) is 16.4. The van der Waals surface area contributed by atoms with Crippen LogP contribution in [0.25, 0.3) is 0 Å². The van der Waals surface area contributed by atoms with Gasteiger partial charge in [-0.3, -0.25) is 4.79 Å². The van der Waals surface area contributed by atoms with E-state index in [1.54, 1.807) is 0 Å². The number of benzene rings is 1. The highest BCUT2D eigenvalue weighted by atomic mass is 35.5. The monoisotopic (exact) mass is 307 g/mol. The normalized spacial score (nSPS) is 15.9. The second-order valence-corrected chi connectivity index (χ2v) is 6.37. The summed E-state index contributed by atoms with van der Waals surface area (Å²) in [6.45, 7) is 2.80. The van der Waals surface area contributed by atoms with Crippen LogP contribution < -0.4 is 0 Å². The Hall–Kier alpha value is -1.02. The van der Waals surface area contributed by atoms with Gasteiger partial charge in [-0.25, -0.2) is 0 Å². The minimum atomic E-state index is 0.269. The molecule has 1 saturated carbocycles. The number of amides is 1. The van der Waals surface area contributed by atoms with Crippen molar-refractivity contribution in [3.05, 3.63) is 35.4 Å². The lowest BCUT2D eigenvalue weighted by Gasteiger charge is -2.34. The van der Waals surface area contributed by atoms with Crippen LogP contribution >= 0.6 is 11.6 Å². The van der Waals surface area contributed by atoms with E-state index in [4.69, 9.17) is 11.6 Å². The highest BCUT2D eigenvalue weighted by Crippen LogP contribution is 2.23. The Bertz CT molecular complexity index is 454. The molecule has 0 atom stereocenters. The predicted octanol–water partition coefficient (Wildman–Crippen LogP) is 4.33. The average Bonchev–Trinajstić information content (AvgIpc) is 2.52. The van der Waals surface area contributed by atoms with Crippen molar-refractivity contribution in [1.82, 2.24) is 4.90 Å². The fourth-order valence-electron chi connectivity index (χ4n) is 3.27. The fourth-order valence-corrected chi connectivity index (χ4v) is 3.45. The molecule has 1 aliphatic rings. The number of rotatable bonds is 6. The number of nitrogens with zero attached hydrogens (tertiary/aromatic N) is 1. The maximum Gasteiger partial charge on any atom is 0.223 e. The van der Waals surface area contributed by atoms with Crippen molar-refractivity contribution in [2.75, 3.05) is 12.4 Å². The Morgan fingerprint density at radius 1 is 1.24 bits per heavy atom. The largest absolute Gasteiger partial charge is 0.339 e. The number of halogens is 1. The summed E-state index contributed by atoms with van der Waals surface area (Å²) in [4.78, 5) is 14.6. The first-order valence-electron chi connectivity index (χ1n) is 8.12. The summed E-state index contributed by atoms with van der Waals surface area (Å²) in [6.07, 6.45) is 7.51. The zero-order chi connectivity index (χ0) is 15.1. The first-order chi connectivity index (χ1) is 10.2. The lowest BCUT2D eigenvalue weighted by atomic mass is 9.93. The smallest absolute Gasteiger partial charge is 0.223 e. The van der Waals surface area contributed by atoms with E-state index in [0.29, 0.717) is 24.9 Å². The van der Waals surface area contributed by atoms with Crippen LogP contribution in [0.3, 0.4) is 0 Å². The number of aryl methyl sites for hydroxylation is 2. The lowest BCUT2D eigenvalue weighted by Crippen LogP contribution is -2.42. The van der Waals surface area contributed by atoms with Gasteiger partial charge in [-0.1, -0.05) is 43.5 Å². The summed E-state index contributed by atoms with van der Waals surface area (Å²) in [5, 5.41) is 0. The Labute approximate surface area is 133 Å². The van der Waals surface area contributed by atoms with E-state index >= 15 is 0 Å². The van der Waals surface area contributed by atoms with Crippen LogP contribution in [0.5, 0.6) is 0 Å². The maximum absolute atomic E-state index is 12.6. The molecule has 1 aromatic rings. The SMILES string of the molecule is Cc1ccccc1CCC(=O)N(CCCl)C1CCCCC1. The molecule has 0 N–H and O–H groups in total. The van der Waals surface area contributed by atoms with E-state index in [1.807, 2.05) is 17.0 Å². The van der Waals surface area contributed by atoms with Crippen molar-refractivity contribution in [3.63, 3.8) is 0 Å². The fraction of sp³-hybridized carbons (Fsp3) is 0.611. The summed E-state index contributed by atoms with van der Waals surface area (Å²) in [5.41, 5.74) is 2.55. The molecule has 2 nitrogen and oxygen atoms in total. The van der Waals surface area contributed by atoms with Gasteiger partial charge >= 0.3 is 0 Å². The third-order valence-corrected chi connectivity index (χ3v) is 4.70. The van der Waals surface area contributed by atoms with Gasteiger partial charge in [0, 0.05) is 24.9 Å². The second kappa shape index (κ2) is 8.43. The lowest BCUT2D eigenvalue weighted by molar-refractivity contribution is -0.133. The van der Waals surface area contributed by atoms with E-state index in [-0.39, 0.29) is 5.91 Å². The number of alkyl halides is 1. The van der Waals surface area contributed by atoms with Crippen molar-refractivity contribution in [2.45, 2.75) is 57.9 Å². The molecule has 3 heteroatoms. The van der Waals surface area contributed by atoms with E-state index < -0.39 is 0 Å². The number of hydrogen-bond acceptors (Lipinski definition) is 1. The van der Waals surface area contributed by atoms with Gasteiger partial charge in [0.05, 0.1) is 0 Å². The molecule has 0 saturated heterocycles. The molecule has 0 unspecified atom stereocenters. The zero-order valence-electron chi connectivity index (χ0n) is 13.0. The maximum atomic E-state index is 12.6. The summed E-state index contributed by atoms with van der Waals surface area (Å²) in [7, 11) is 0. The molecule has 0 heterocycles. The molecule has 2 rings (SSSR count). The summed E-state index contributed by atoms with van der Waals surface area (Å²) in [5.74, 6) is 0.804. The molecular formula is C18H26ClNO. The van der Waals surface area contributed by atoms with Crippen LogP contribution in [-0.4, -0.2) is 29.3 Å². The van der Waals surface area contributed by atoms with E-state index in [9.17, 15) is 4.79 Å². The Morgan fingerprint density at radius 3 is 2.62 bits per heavy atom. The molecular weight excluding hydrogens is 282 g/mol. The van der Waals surface area contributed by atoms with E-state index in [1.165, 1.54) is 30.4 Å². The predicted molar refractivity (Wildman–Crippen MR) is 88.8 cm³/mol. The first-order valence-corrected chi connectivity index (χ1v) is 8.65. The van der Waals surface area contributed by atoms with Crippen LogP contribution in [0, 0.1) is 6.92 Å². The molecule has 1 amide bonds. The minimum Gasteiger partial charge on any atom is -0.339 e.